The van der Waals surface area contributed by atoms with E-state index in [4.69, 9.17) is 28.9 Å². The molecule has 2 N–H and O–H groups in total. The summed E-state index contributed by atoms with van der Waals surface area (Å²) in [5.41, 5.74) is 2.73. The number of nitrogens with zero attached hydrogens (tertiary/aromatic N) is 3. The molecule has 0 bridgehead atoms. The third-order valence-electron chi connectivity index (χ3n) is 4.56. The minimum atomic E-state index is -4.78. The summed E-state index contributed by atoms with van der Waals surface area (Å²) < 4.78 is 89.0. The van der Waals surface area contributed by atoms with E-state index in [1.165, 1.54) is 6.07 Å². The van der Waals surface area contributed by atoms with Crippen molar-refractivity contribution in [1.29, 1.82) is 5.26 Å². The van der Waals surface area contributed by atoms with Crippen molar-refractivity contribution < 1.29 is 30.4 Å². The Morgan fingerprint density at radius 3 is 2.10 bits per heavy atom. The van der Waals surface area contributed by atoms with Gasteiger partial charge in [-0.1, -0.05) is 23.2 Å². The van der Waals surface area contributed by atoms with Crippen LogP contribution < -0.4 is 5.73 Å². The number of benzene rings is 1. The van der Waals surface area contributed by atoms with Crippen molar-refractivity contribution >= 4 is 38.9 Å². The molecule has 6 nitrogen and oxygen atoms in total. The van der Waals surface area contributed by atoms with E-state index in [2.05, 4.69) is 5.10 Å². The van der Waals surface area contributed by atoms with E-state index >= 15 is 0 Å². The Bertz CT molecular complexity index is 1160. The number of nitriles is 1. The lowest BCUT2D eigenvalue weighted by Crippen LogP contribution is -2.28. The summed E-state index contributed by atoms with van der Waals surface area (Å²) in [6.07, 6.45) is -5.34. The van der Waals surface area contributed by atoms with Gasteiger partial charge in [-0.2, -0.15) is 23.5 Å². The molecular weight excluding hydrogens is 466 g/mol. The van der Waals surface area contributed by atoms with Crippen LogP contribution in [0.15, 0.2) is 12.1 Å². The van der Waals surface area contributed by atoms with Gasteiger partial charge < -0.3 is 5.73 Å². The monoisotopic (exact) mass is 474 g/mol. The normalized spacial score (nSPS) is 21.1. The number of aromatic nitrogens is 2. The van der Waals surface area contributed by atoms with Crippen LogP contribution in [0.25, 0.3) is 5.69 Å². The largest absolute Gasteiger partial charge is 0.416 e. The summed E-state index contributed by atoms with van der Waals surface area (Å²) in [7, 11) is -4.47. The molecule has 156 valence electrons. The van der Waals surface area contributed by atoms with Gasteiger partial charge in [-0.3, -0.25) is 0 Å². The van der Waals surface area contributed by atoms with Crippen LogP contribution in [-0.2, 0) is 20.8 Å². The quantitative estimate of drug-likeness (QED) is 0.678. The second-order valence-electron chi connectivity index (χ2n) is 6.40. The minimum Gasteiger partial charge on any atom is -0.383 e. The molecule has 29 heavy (non-hydrogen) atoms. The number of alkyl halides is 5. The maximum Gasteiger partial charge on any atom is 0.416 e. The summed E-state index contributed by atoms with van der Waals surface area (Å²) in [6.45, 7) is 0. The molecular formula is C15H9Cl2F5N4O2S. The van der Waals surface area contributed by atoms with E-state index in [1.54, 1.807) is 0 Å². The average Bonchev–Trinajstić information content (AvgIpc) is 2.99. The Labute approximate surface area is 170 Å². The first-order valence-electron chi connectivity index (χ1n) is 7.51. The zero-order valence-corrected chi connectivity index (χ0v) is 16.5. The first kappa shape index (κ1) is 21.6. The van der Waals surface area contributed by atoms with E-state index in [0.717, 1.165) is 0 Å². The van der Waals surface area contributed by atoms with Gasteiger partial charge in [0.15, 0.2) is 20.3 Å². The van der Waals surface area contributed by atoms with Crippen LogP contribution >= 0.6 is 23.2 Å². The number of hydrogen-bond acceptors (Lipinski definition) is 5. The summed E-state index contributed by atoms with van der Waals surface area (Å²) in [4.78, 5) is 0. The van der Waals surface area contributed by atoms with Gasteiger partial charge in [0.2, 0.25) is 0 Å². The van der Waals surface area contributed by atoms with Gasteiger partial charge in [0.1, 0.15) is 17.6 Å². The number of sulfone groups is 1. The maximum absolute atomic E-state index is 14.1. The van der Waals surface area contributed by atoms with Crippen LogP contribution in [-0.4, -0.2) is 30.4 Å². The Hall–Kier alpha value is -2.10. The van der Waals surface area contributed by atoms with E-state index in [9.17, 15) is 35.6 Å². The van der Waals surface area contributed by atoms with Crippen molar-refractivity contribution in [3.8, 4) is 11.8 Å². The fourth-order valence-corrected chi connectivity index (χ4v) is 5.34. The predicted octanol–water partition coefficient (Wildman–Crippen LogP) is 3.93. The number of hydrogen-bond donors (Lipinski definition) is 1. The summed E-state index contributed by atoms with van der Waals surface area (Å²) in [6, 6.07) is 2.50. The van der Waals surface area contributed by atoms with Crippen molar-refractivity contribution in [2.24, 2.45) is 0 Å². The van der Waals surface area contributed by atoms with Gasteiger partial charge in [0.25, 0.3) is 5.92 Å². The molecule has 0 amide bonds. The maximum atomic E-state index is 14.1. The zero-order chi connectivity index (χ0) is 22.2. The third kappa shape index (κ3) is 3.03. The van der Waals surface area contributed by atoms with Gasteiger partial charge in [0.05, 0.1) is 21.2 Å². The highest BCUT2D eigenvalue weighted by Gasteiger charge is 2.80. The third-order valence-corrected chi connectivity index (χ3v) is 7.05. The second kappa shape index (κ2) is 6.20. The smallest absolute Gasteiger partial charge is 0.383 e. The Kier molecular flexibility index (Phi) is 4.62. The molecule has 1 unspecified atom stereocenters. The van der Waals surface area contributed by atoms with E-state index in [1.807, 2.05) is 0 Å². The molecule has 0 aliphatic heterocycles. The Morgan fingerprint density at radius 1 is 1.28 bits per heavy atom. The summed E-state index contributed by atoms with van der Waals surface area (Å²) in [5, 5.41) is 11.8. The number of nitrogens with two attached hydrogens (primary N) is 1. The topological polar surface area (TPSA) is 102 Å². The number of rotatable bonds is 3. The van der Waals surface area contributed by atoms with Crippen LogP contribution in [0, 0.1) is 11.3 Å². The molecule has 1 aromatic carbocycles. The first-order chi connectivity index (χ1) is 13.1. The lowest BCUT2D eigenvalue weighted by atomic mass is 10.1. The number of halogens is 7. The van der Waals surface area contributed by atoms with Crippen molar-refractivity contribution in [2.75, 3.05) is 12.0 Å². The zero-order valence-electron chi connectivity index (χ0n) is 14.2. The fraction of sp³-hybridized carbons (Fsp3) is 0.333. The molecule has 14 heteroatoms. The molecule has 1 aliphatic carbocycles. The SMILES string of the molecule is CS(=O)(=O)C1(c2c(C#N)nn(-c3c(Cl)cc(C(F)(F)F)cc3Cl)c2N)CC1(F)F. The van der Waals surface area contributed by atoms with Crippen LogP contribution in [0.1, 0.15) is 23.2 Å². The van der Waals surface area contributed by atoms with Crippen LogP contribution in [0.2, 0.25) is 10.0 Å². The predicted molar refractivity (Wildman–Crippen MR) is 93.8 cm³/mol. The Balaban J connectivity index is 2.31. The van der Waals surface area contributed by atoms with Gasteiger partial charge >= 0.3 is 6.18 Å². The fourth-order valence-electron chi connectivity index (χ4n) is 3.14. The molecule has 1 atom stereocenters. The molecule has 1 aromatic heterocycles. The van der Waals surface area contributed by atoms with E-state index in [-0.39, 0.29) is 0 Å². The van der Waals surface area contributed by atoms with Crippen molar-refractivity contribution in [3.63, 3.8) is 0 Å². The lowest BCUT2D eigenvalue weighted by molar-refractivity contribution is -0.137. The second-order valence-corrected chi connectivity index (χ2v) is 9.45. The summed E-state index contributed by atoms with van der Waals surface area (Å²) in [5.74, 6) is -4.42. The van der Waals surface area contributed by atoms with Crippen molar-refractivity contribution in [1.82, 2.24) is 9.78 Å². The average molecular weight is 475 g/mol. The minimum absolute atomic E-state index is 0.422. The highest BCUT2D eigenvalue weighted by molar-refractivity contribution is 7.92. The van der Waals surface area contributed by atoms with Crippen molar-refractivity contribution in [2.45, 2.75) is 23.3 Å². The van der Waals surface area contributed by atoms with Gasteiger partial charge in [0, 0.05) is 12.7 Å². The Morgan fingerprint density at radius 2 is 1.76 bits per heavy atom. The molecule has 2 aromatic rings. The molecule has 3 rings (SSSR count). The van der Waals surface area contributed by atoms with Crippen LogP contribution in [0.5, 0.6) is 0 Å². The number of nitrogen functional groups attached to an aromatic ring is 1. The molecule has 1 aliphatic rings. The highest BCUT2D eigenvalue weighted by Crippen LogP contribution is 2.66. The van der Waals surface area contributed by atoms with Gasteiger partial charge in [-0.25, -0.2) is 21.9 Å². The standard InChI is InChI=1S/C15H9Cl2F5N4O2S/c1-29(27,28)13(5-14(13,18)19)10-9(4-23)25-26(12(10)24)11-7(16)2-6(3-8(11)17)15(20,21)22/h2-3H,5,24H2,1H3. The lowest BCUT2D eigenvalue weighted by Gasteiger charge is -2.16. The first-order valence-corrected chi connectivity index (χ1v) is 10.2. The van der Waals surface area contributed by atoms with E-state index in [0.29, 0.717) is 23.1 Å². The molecule has 0 saturated heterocycles. The van der Waals surface area contributed by atoms with Crippen LogP contribution in [0.3, 0.4) is 0 Å². The summed E-state index contributed by atoms with van der Waals surface area (Å²) >= 11 is 11.8. The van der Waals surface area contributed by atoms with E-state index < -0.39 is 71.5 Å². The van der Waals surface area contributed by atoms with Gasteiger partial charge in [-0.05, 0) is 12.1 Å². The molecule has 1 saturated carbocycles. The number of anilines is 1. The molecule has 1 heterocycles. The molecule has 0 spiro atoms. The molecule has 1 fully saturated rings. The highest BCUT2D eigenvalue weighted by atomic mass is 35.5. The van der Waals surface area contributed by atoms with Gasteiger partial charge in [-0.15, -0.1) is 0 Å². The molecule has 0 radical (unpaired) electrons. The van der Waals surface area contributed by atoms with Crippen molar-refractivity contribution in [3.05, 3.63) is 39.0 Å². The van der Waals surface area contributed by atoms with Crippen LogP contribution in [0.4, 0.5) is 27.8 Å².